The zero-order chi connectivity index (χ0) is 13.8. The van der Waals surface area contributed by atoms with E-state index in [-0.39, 0.29) is 5.56 Å². The number of aromatic carboxylic acids is 1. The molecule has 19 heavy (non-hydrogen) atoms. The maximum atomic E-state index is 11.3. The van der Waals surface area contributed by atoms with E-state index in [0.29, 0.717) is 22.9 Å². The van der Waals surface area contributed by atoms with E-state index in [1.165, 1.54) is 6.07 Å². The van der Waals surface area contributed by atoms with Crippen LogP contribution >= 0.6 is 11.6 Å². The summed E-state index contributed by atoms with van der Waals surface area (Å²) in [6, 6.07) is 12.1. The first-order chi connectivity index (χ1) is 9.11. The van der Waals surface area contributed by atoms with Gasteiger partial charge >= 0.3 is 5.97 Å². The van der Waals surface area contributed by atoms with Crippen LogP contribution in [0.3, 0.4) is 0 Å². The van der Waals surface area contributed by atoms with Crippen molar-refractivity contribution in [2.45, 2.75) is 6.92 Å². The topological polar surface area (TPSA) is 46.5 Å². The summed E-state index contributed by atoms with van der Waals surface area (Å²) in [6.45, 7) is 2.35. The Bertz CT molecular complexity index is 591. The molecule has 2 aromatic carbocycles. The van der Waals surface area contributed by atoms with E-state index in [2.05, 4.69) is 0 Å². The highest BCUT2D eigenvalue weighted by Gasteiger charge is 2.13. The molecule has 4 heteroatoms. The Morgan fingerprint density at radius 3 is 2.47 bits per heavy atom. The lowest BCUT2D eigenvalue weighted by molar-refractivity contribution is 0.0697. The maximum Gasteiger partial charge on any atom is 0.336 e. The van der Waals surface area contributed by atoms with Gasteiger partial charge in [-0.15, -0.1) is 0 Å². The Labute approximate surface area is 116 Å². The van der Waals surface area contributed by atoms with Crippen LogP contribution in [0.4, 0.5) is 0 Å². The van der Waals surface area contributed by atoms with Gasteiger partial charge in [0.25, 0.3) is 0 Å². The second kappa shape index (κ2) is 5.76. The van der Waals surface area contributed by atoms with Crippen LogP contribution in [0.15, 0.2) is 42.5 Å². The lowest BCUT2D eigenvalue weighted by Crippen LogP contribution is -2.01. The number of hydrogen-bond donors (Lipinski definition) is 1. The molecule has 0 heterocycles. The largest absolute Gasteiger partial charge is 0.494 e. The summed E-state index contributed by atoms with van der Waals surface area (Å²) in [5, 5.41) is 9.91. The Balaban J connectivity index is 2.50. The molecule has 0 atom stereocenters. The van der Waals surface area contributed by atoms with Crippen molar-refractivity contribution >= 4 is 17.6 Å². The highest BCUT2D eigenvalue weighted by atomic mass is 35.5. The molecule has 0 saturated heterocycles. The summed E-state index contributed by atoms with van der Waals surface area (Å²) in [5.74, 6) is -0.427. The minimum absolute atomic E-state index is 0.216. The van der Waals surface area contributed by atoms with Crippen LogP contribution in [0.1, 0.15) is 17.3 Å². The molecular weight excluding hydrogens is 264 g/mol. The number of halogens is 1. The third-order valence-electron chi connectivity index (χ3n) is 2.69. The van der Waals surface area contributed by atoms with Crippen molar-refractivity contribution in [1.82, 2.24) is 0 Å². The van der Waals surface area contributed by atoms with Gasteiger partial charge in [-0.2, -0.15) is 0 Å². The molecular formula is C15H13ClO3. The first-order valence-electron chi connectivity index (χ1n) is 5.88. The zero-order valence-electron chi connectivity index (χ0n) is 10.4. The van der Waals surface area contributed by atoms with Gasteiger partial charge < -0.3 is 9.84 Å². The van der Waals surface area contributed by atoms with Crippen LogP contribution in [0.25, 0.3) is 11.1 Å². The molecule has 0 amide bonds. The monoisotopic (exact) mass is 276 g/mol. The van der Waals surface area contributed by atoms with E-state index in [4.69, 9.17) is 16.3 Å². The van der Waals surface area contributed by atoms with Gasteiger partial charge in [-0.3, -0.25) is 0 Å². The van der Waals surface area contributed by atoms with Gasteiger partial charge in [-0.1, -0.05) is 23.7 Å². The predicted molar refractivity (Wildman–Crippen MR) is 75.0 cm³/mol. The van der Waals surface area contributed by atoms with Crippen LogP contribution < -0.4 is 4.74 Å². The fourth-order valence-electron chi connectivity index (χ4n) is 1.84. The fraction of sp³-hybridized carbons (Fsp3) is 0.133. The molecule has 0 spiro atoms. The number of ether oxygens (including phenoxy) is 1. The van der Waals surface area contributed by atoms with E-state index in [0.717, 1.165) is 5.56 Å². The molecule has 1 N–H and O–H groups in total. The predicted octanol–water partition coefficient (Wildman–Crippen LogP) is 4.10. The van der Waals surface area contributed by atoms with Crippen molar-refractivity contribution in [3.63, 3.8) is 0 Å². The van der Waals surface area contributed by atoms with Gasteiger partial charge in [0.2, 0.25) is 0 Å². The van der Waals surface area contributed by atoms with E-state index in [1.54, 1.807) is 36.4 Å². The van der Waals surface area contributed by atoms with E-state index < -0.39 is 5.97 Å². The molecule has 0 aromatic heterocycles. The Morgan fingerprint density at radius 2 is 1.89 bits per heavy atom. The number of carboxylic acids is 1. The van der Waals surface area contributed by atoms with Crippen LogP contribution in [-0.2, 0) is 0 Å². The molecule has 0 aliphatic heterocycles. The fourth-order valence-corrected chi connectivity index (χ4v) is 1.96. The van der Waals surface area contributed by atoms with Gasteiger partial charge in [0.05, 0.1) is 12.2 Å². The van der Waals surface area contributed by atoms with Crippen LogP contribution in [0, 0.1) is 0 Å². The second-order valence-corrected chi connectivity index (χ2v) is 4.39. The molecule has 0 radical (unpaired) electrons. The van der Waals surface area contributed by atoms with Crippen molar-refractivity contribution in [3.8, 4) is 16.9 Å². The molecule has 2 rings (SSSR count). The molecule has 0 aliphatic rings. The third-order valence-corrected chi connectivity index (χ3v) is 2.94. The first-order valence-corrected chi connectivity index (χ1v) is 6.25. The average molecular weight is 277 g/mol. The summed E-state index contributed by atoms with van der Waals surface area (Å²) < 4.78 is 5.32. The van der Waals surface area contributed by atoms with Crippen molar-refractivity contribution in [2.75, 3.05) is 6.61 Å². The number of carbonyl (C=O) groups is 1. The Kier molecular flexibility index (Phi) is 4.07. The molecule has 3 nitrogen and oxygen atoms in total. The lowest BCUT2D eigenvalue weighted by atomic mass is 9.99. The van der Waals surface area contributed by atoms with Crippen molar-refractivity contribution < 1.29 is 14.6 Å². The molecule has 98 valence electrons. The van der Waals surface area contributed by atoms with E-state index >= 15 is 0 Å². The van der Waals surface area contributed by atoms with Gasteiger partial charge in [0, 0.05) is 5.02 Å². The Hall–Kier alpha value is -2.00. The normalized spacial score (nSPS) is 10.2. The number of rotatable bonds is 4. The third kappa shape index (κ3) is 3.06. The van der Waals surface area contributed by atoms with Crippen LogP contribution in [0.2, 0.25) is 5.02 Å². The smallest absolute Gasteiger partial charge is 0.336 e. The highest BCUT2D eigenvalue weighted by molar-refractivity contribution is 6.30. The minimum Gasteiger partial charge on any atom is -0.494 e. The first kappa shape index (κ1) is 13.4. The highest BCUT2D eigenvalue weighted by Crippen LogP contribution is 2.28. The van der Waals surface area contributed by atoms with Crippen molar-refractivity contribution in [3.05, 3.63) is 53.1 Å². The summed E-state index contributed by atoms with van der Waals surface area (Å²) in [6.07, 6.45) is 0. The SMILES string of the molecule is CCOc1ccc(-c2ccc(Cl)cc2)c(C(=O)O)c1. The molecule has 2 aromatic rings. The van der Waals surface area contributed by atoms with Gasteiger partial charge in [-0.25, -0.2) is 4.79 Å². The van der Waals surface area contributed by atoms with Gasteiger partial charge in [0.15, 0.2) is 0 Å². The molecule has 0 fully saturated rings. The van der Waals surface area contributed by atoms with Crippen molar-refractivity contribution in [2.24, 2.45) is 0 Å². The van der Waals surface area contributed by atoms with E-state index in [9.17, 15) is 9.90 Å². The van der Waals surface area contributed by atoms with Crippen molar-refractivity contribution in [1.29, 1.82) is 0 Å². The molecule has 0 aliphatic carbocycles. The second-order valence-electron chi connectivity index (χ2n) is 3.95. The molecule has 0 saturated carbocycles. The number of benzene rings is 2. The standard InChI is InChI=1S/C15H13ClO3/c1-2-19-12-7-8-13(14(9-12)15(17)18)10-3-5-11(16)6-4-10/h3-9H,2H2,1H3,(H,17,18). The summed E-state index contributed by atoms with van der Waals surface area (Å²) in [4.78, 5) is 11.3. The summed E-state index contributed by atoms with van der Waals surface area (Å²) in [5.41, 5.74) is 1.67. The minimum atomic E-state index is -0.980. The average Bonchev–Trinajstić information content (AvgIpc) is 2.40. The summed E-state index contributed by atoms with van der Waals surface area (Å²) in [7, 11) is 0. The molecule has 0 bridgehead atoms. The lowest BCUT2D eigenvalue weighted by Gasteiger charge is -2.09. The maximum absolute atomic E-state index is 11.3. The van der Waals surface area contributed by atoms with Gasteiger partial charge in [-0.05, 0) is 48.4 Å². The van der Waals surface area contributed by atoms with E-state index in [1.807, 2.05) is 6.92 Å². The molecule has 0 unspecified atom stereocenters. The number of hydrogen-bond acceptors (Lipinski definition) is 2. The Morgan fingerprint density at radius 1 is 1.21 bits per heavy atom. The summed E-state index contributed by atoms with van der Waals surface area (Å²) >= 11 is 5.83. The van der Waals surface area contributed by atoms with Gasteiger partial charge in [0.1, 0.15) is 5.75 Å². The quantitative estimate of drug-likeness (QED) is 0.914. The van der Waals surface area contributed by atoms with Crippen LogP contribution in [0.5, 0.6) is 5.75 Å². The zero-order valence-corrected chi connectivity index (χ0v) is 11.1. The number of carboxylic acid groups (broad SMARTS) is 1. The van der Waals surface area contributed by atoms with Crippen LogP contribution in [-0.4, -0.2) is 17.7 Å².